The van der Waals surface area contributed by atoms with Crippen LogP contribution in [0.15, 0.2) is 36.7 Å². The Bertz CT molecular complexity index is 651. The van der Waals surface area contributed by atoms with E-state index >= 15 is 0 Å². The molecule has 0 radical (unpaired) electrons. The van der Waals surface area contributed by atoms with Crippen LogP contribution in [0.4, 0.5) is 4.39 Å². The molecule has 0 aliphatic carbocycles. The zero-order valence-electron chi connectivity index (χ0n) is 14.6. The molecule has 0 saturated carbocycles. The van der Waals surface area contributed by atoms with Crippen molar-refractivity contribution >= 4 is 0 Å². The predicted molar refractivity (Wildman–Crippen MR) is 94.0 cm³/mol. The van der Waals surface area contributed by atoms with Crippen LogP contribution in [-0.2, 0) is 6.54 Å². The summed E-state index contributed by atoms with van der Waals surface area (Å²) in [5.41, 5.74) is 1.20. The third-order valence-electron chi connectivity index (χ3n) is 4.64. The fraction of sp³-hybridized carbons (Fsp3) is 0.526. The fourth-order valence-electron chi connectivity index (χ4n) is 3.26. The van der Waals surface area contributed by atoms with Gasteiger partial charge < -0.3 is 14.7 Å². The van der Waals surface area contributed by atoms with Crippen molar-refractivity contribution in [1.82, 2.24) is 14.7 Å². The summed E-state index contributed by atoms with van der Waals surface area (Å²) in [7, 11) is 0. The van der Waals surface area contributed by atoms with Crippen LogP contribution in [-0.4, -0.2) is 52.1 Å². The zero-order chi connectivity index (χ0) is 17.6. The molecular formula is C19H26FN3O2. The number of hydrogen-bond donors (Lipinski definition) is 1. The highest BCUT2D eigenvalue weighted by atomic mass is 19.1. The molecule has 25 heavy (non-hydrogen) atoms. The highest BCUT2D eigenvalue weighted by Crippen LogP contribution is 2.19. The number of aliphatic hydroxyl groups is 1. The number of halogens is 1. The topological polar surface area (TPSA) is 50.5 Å². The van der Waals surface area contributed by atoms with Crippen LogP contribution < -0.4 is 4.74 Å². The molecule has 1 saturated heterocycles. The molecule has 0 unspecified atom stereocenters. The summed E-state index contributed by atoms with van der Waals surface area (Å²) in [6.45, 7) is 5.82. The van der Waals surface area contributed by atoms with E-state index in [4.69, 9.17) is 4.74 Å². The number of piperidine rings is 1. The first-order valence-electron chi connectivity index (χ1n) is 8.86. The Labute approximate surface area is 148 Å². The Morgan fingerprint density at radius 2 is 2.00 bits per heavy atom. The molecule has 0 spiro atoms. The summed E-state index contributed by atoms with van der Waals surface area (Å²) in [4.78, 5) is 2.28. The standard InChI is InChI=1S/C19H26FN3O2/c1-15-10-21-23(11-15)12-16-6-8-22(9-7-16)13-18(24)14-25-19-4-2-17(20)3-5-19/h2-5,10-11,16,18,24H,6-9,12-14H2,1H3/t18-/m0/s1. The minimum absolute atomic E-state index is 0.220. The molecule has 136 valence electrons. The van der Waals surface area contributed by atoms with Crippen molar-refractivity contribution in [2.45, 2.75) is 32.4 Å². The second kappa shape index (κ2) is 8.45. The van der Waals surface area contributed by atoms with Crippen LogP contribution in [0.5, 0.6) is 5.75 Å². The van der Waals surface area contributed by atoms with Crippen LogP contribution >= 0.6 is 0 Å². The number of nitrogens with zero attached hydrogens (tertiary/aromatic N) is 3. The lowest BCUT2D eigenvalue weighted by atomic mass is 9.96. The monoisotopic (exact) mass is 347 g/mol. The zero-order valence-corrected chi connectivity index (χ0v) is 14.6. The Balaban J connectivity index is 1.35. The van der Waals surface area contributed by atoms with Gasteiger partial charge in [-0.15, -0.1) is 0 Å². The molecule has 1 aliphatic rings. The minimum atomic E-state index is -0.546. The fourth-order valence-corrected chi connectivity index (χ4v) is 3.26. The number of hydrogen-bond acceptors (Lipinski definition) is 4. The molecule has 1 aromatic carbocycles. The van der Waals surface area contributed by atoms with Gasteiger partial charge in [0.1, 0.15) is 24.3 Å². The van der Waals surface area contributed by atoms with Crippen LogP contribution in [0.3, 0.4) is 0 Å². The van der Waals surface area contributed by atoms with Gasteiger partial charge in [-0.2, -0.15) is 5.10 Å². The second-order valence-electron chi connectivity index (χ2n) is 6.90. The number of aromatic nitrogens is 2. The smallest absolute Gasteiger partial charge is 0.123 e. The van der Waals surface area contributed by atoms with Gasteiger partial charge >= 0.3 is 0 Å². The van der Waals surface area contributed by atoms with E-state index in [1.807, 2.05) is 10.9 Å². The number of aryl methyl sites for hydroxylation is 1. The van der Waals surface area contributed by atoms with Gasteiger partial charge in [0.2, 0.25) is 0 Å². The molecule has 2 heterocycles. The highest BCUT2D eigenvalue weighted by molar-refractivity contribution is 5.22. The largest absolute Gasteiger partial charge is 0.491 e. The number of rotatable bonds is 7. The van der Waals surface area contributed by atoms with E-state index in [0.717, 1.165) is 32.5 Å². The lowest BCUT2D eigenvalue weighted by Crippen LogP contribution is -2.41. The maximum atomic E-state index is 12.8. The highest BCUT2D eigenvalue weighted by Gasteiger charge is 2.21. The third-order valence-corrected chi connectivity index (χ3v) is 4.64. The molecule has 1 atom stereocenters. The van der Waals surface area contributed by atoms with Gasteiger partial charge in [-0.3, -0.25) is 4.68 Å². The van der Waals surface area contributed by atoms with E-state index in [1.54, 1.807) is 12.1 Å². The van der Waals surface area contributed by atoms with Crippen molar-refractivity contribution in [3.63, 3.8) is 0 Å². The van der Waals surface area contributed by atoms with E-state index in [0.29, 0.717) is 18.2 Å². The second-order valence-corrected chi connectivity index (χ2v) is 6.90. The molecule has 1 fully saturated rings. The predicted octanol–water partition coefficient (Wildman–Crippen LogP) is 2.48. The number of benzene rings is 1. The van der Waals surface area contributed by atoms with E-state index < -0.39 is 6.10 Å². The molecule has 3 rings (SSSR count). The van der Waals surface area contributed by atoms with Crippen molar-refractivity contribution in [2.75, 3.05) is 26.2 Å². The SMILES string of the molecule is Cc1cnn(CC2CCN(C[C@H](O)COc3ccc(F)cc3)CC2)c1. The van der Waals surface area contributed by atoms with Crippen molar-refractivity contribution in [3.8, 4) is 5.75 Å². The first-order chi connectivity index (χ1) is 12.1. The molecule has 0 amide bonds. The Kier molecular flexibility index (Phi) is 6.04. The molecule has 0 bridgehead atoms. The van der Waals surface area contributed by atoms with Crippen molar-refractivity contribution in [2.24, 2.45) is 5.92 Å². The average molecular weight is 347 g/mol. The van der Waals surface area contributed by atoms with Gasteiger partial charge in [0.15, 0.2) is 0 Å². The summed E-state index contributed by atoms with van der Waals surface area (Å²) in [5.74, 6) is 0.929. The normalized spacial score (nSPS) is 17.6. The van der Waals surface area contributed by atoms with Crippen LogP contribution in [0.25, 0.3) is 0 Å². The number of β-amino-alcohol motifs (C(OH)–C–C–N with tert-alkyl or cyclic N) is 1. The molecular weight excluding hydrogens is 321 g/mol. The van der Waals surface area contributed by atoms with Crippen molar-refractivity contribution in [1.29, 1.82) is 0 Å². The maximum Gasteiger partial charge on any atom is 0.123 e. The van der Waals surface area contributed by atoms with Crippen LogP contribution in [0.1, 0.15) is 18.4 Å². The molecule has 1 aromatic heterocycles. The van der Waals surface area contributed by atoms with Gasteiger partial charge in [-0.05, 0) is 68.6 Å². The van der Waals surface area contributed by atoms with Gasteiger partial charge in [0.25, 0.3) is 0 Å². The van der Waals surface area contributed by atoms with Crippen LogP contribution in [0, 0.1) is 18.7 Å². The van der Waals surface area contributed by atoms with E-state index in [9.17, 15) is 9.50 Å². The van der Waals surface area contributed by atoms with Crippen molar-refractivity contribution in [3.05, 3.63) is 48.0 Å². The lowest BCUT2D eigenvalue weighted by molar-refractivity contribution is 0.0533. The average Bonchev–Trinajstić information content (AvgIpc) is 3.01. The van der Waals surface area contributed by atoms with Gasteiger partial charge in [0.05, 0.1) is 6.20 Å². The summed E-state index contributed by atoms with van der Waals surface area (Å²) >= 11 is 0. The molecule has 1 aliphatic heterocycles. The van der Waals surface area contributed by atoms with Crippen LogP contribution in [0.2, 0.25) is 0 Å². The minimum Gasteiger partial charge on any atom is -0.491 e. The summed E-state index contributed by atoms with van der Waals surface area (Å²) in [6.07, 6.45) is 5.67. The number of ether oxygens (including phenoxy) is 1. The Morgan fingerprint density at radius 1 is 1.28 bits per heavy atom. The molecule has 1 N–H and O–H groups in total. The Morgan fingerprint density at radius 3 is 2.64 bits per heavy atom. The summed E-state index contributed by atoms with van der Waals surface area (Å²) in [5, 5.41) is 14.5. The quantitative estimate of drug-likeness (QED) is 0.836. The van der Waals surface area contributed by atoms with Gasteiger partial charge in [-0.25, -0.2) is 4.39 Å². The lowest BCUT2D eigenvalue weighted by Gasteiger charge is -2.33. The number of likely N-dealkylation sites (tertiary alicyclic amines) is 1. The van der Waals surface area contributed by atoms with Crippen molar-refractivity contribution < 1.29 is 14.2 Å². The van der Waals surface area contributed by atoms with Gasteiger partial charge in [0, 0.05) is 19.3 Å². The maximum absolute atomic E-state index is 12.8. The third kappa shape index (κ3) is 5.54. The molecule has 6 heteroatoms. The Hall–Kier alpha value is -1.92. The summed E-state index contributed by atoms with van der Waals surface area (Å²) in [6, 6.07) is 5.86. The van der Waals surface area contributed by atoms with Gasteiger partial charge in [-0.1, -0.05) is 0 Å². The van der Waals surface area contributed by atoms with E-state index in [2.05, 4.69) is 23.1 Å². The summed E-state index contributed by atoms with van der Waals surface area (Å²) < 4.78 is 20.4. The van der Waals surface area contributed by atoms with E-state index in [-0.39, 0.29) is 12.4 Å². The molecule has 2 aromatic rings. The van der Waals surface area contributed by atoms with E-state index in [1.165, 1.54) is 17.7 Å². The first-order valence-corrected chi connectivity index (χ1v) is 8.86. The molecule has 5 nitrogen and oxygen atoms in total. The first kappa shape index (κ1) is 17.9. The number of aliphatic hydroxyl groups excluding tert-OH is 1.